The number of nitrogens with one attached hydrogen (secondary N) is 1. The smallest absolute Gasteiger partial charge is 0.240 e. The van der Waals surface area contributed by atoms with E-state index in [4.69, 9.17) is 0 Å². The second-order valence-electron chi connectivity index (χ2n) is 4.80. The molecule has 2 aromatic rings. The molecule has 0 unspecified atom stereocenters. The SMILES string of the molecule is C[n+]1c(C(C)(C)C)[nH]c2ccccc21. The predicted molar refractivity (Wildman–Crippen MR) is 58.2 cm³/mol. The monoisotopic (exact) mass is 189 g/mol. The second-order valence-corrected chi connectivity index (χ2v) is 4.80. The van der Waals surface area contributed by atoms with Gasteiger partial charge in [-0.2, -0.15) is 0 Å². The Morgan fingerprint density at radius 2 is 1.79 bits per heavy atom. The van der Waals surface area contributed by atoms with Gasteiger partial charge in [-0.05, 0) is 32.9 Å². The number of benzene rings is 1. The highest BCUT2D eigenvalue weighted by atomic mass is 15.1. The van der Waals surface area contributed by atoms with Crippen molar-refractivity contribution in [3.8, 4) is 0 Å². The van der Waals surface area contributed by atoms with Gasteiger partial charge in [-0.3, -0.25) is 0 Å². The molecule has 2 heteroatoms. The van der Waals surface area contributed by atoms with Crippen molar-refractivity contribution in [1.82, 2.24) is 4.98 Å². The minimum Gasteiger partial charge on any atom is -0.240 e. The van der Waals surface area contributed by atoms with Gasteiger partial charge in [-0.1, -0.05) is 12.1 Å². The number of aromatic amines is 1. The first-order chi connectivity index (χ1) is 6.50. The van der Waals surface area contributed by atoms with Crippen molar-refractivity contribution >= 4 is 11.0 Å². The summed E-state index contributed by atoms with van der Waals surface area (Å²) in [4.78, 5) is 3.47. The summed E-state index contributed by atoms with van der Waals surface area (Å²) in [5.41, 5.74) is 2.63. The van der Waals surface area contributed by atoms with Crippen LogP contribution in [0.1, 0.15) is 26.6 Å². The van der Waals surface area contributed by atoms with Crippen molar-refractivity contribution < 1.29 is 4.57 Å². The van der Waals surface area contributed by atoms with Crippen molar-refractivity contribution in [2.75, 3.05) is 0 Å². The number of nitrogens with zero attached hydrogens (tertiary/aromatic N) is 1. The Morgan fingerprint density at radius 1 is 1.14 bits per heavy atom. The Balaban J connectivity index is 2.75. The van der Waals surface area contributed by atoms with Gasteiger partial charge in [0.25, 0.3) is 5.82 Å². The predicted octanol–water partition coefficient (Wildman–Crippen LogP) is 2.29. The van der Waals surface area contributed by atoms with Gasteiger partial charge in [-0.15, -0.1) is 0 Å². The van der Waals surface area contributed by atoms with Crippen molar-refractivity contribution in [2.24, 2.45) is 7.05 Å². The highest BCUT2D eigenvalue weighted by molar-refractivity contribution is 5.71. The second kappa shape index (κ2) is 2.84. The number of para-hydroxylation sites is 2. The molecule has 0 radical (unpaired) electrons. The molecule has 0 aliphatic rings. The molecular formula is C12H17N2+. The highest BCUT2D eigenvalue weighted by Crippen LogP contribution is 2.20. The van der Waals surface area contributed by atoms with Crippen molar-refractivity contribution in [3.05, 3.63) is 30.1 Å². The van der Waals surface area contributed by atoms with E-state index < -0.39 is 0 Å². The quantitative estimate of drug-likeness (QED) is 0.613. The highest BCUT2D eigenvalue weighted by Gasteiger charge is 2.27. The van der Waals surface area contributed by atoms with E-state index in [0.29, 0.717) is 0 Å². The average Bonchev–Trinajstić information content (AvgIpc) is 2.44. The number of hydrogen-bond donors (Lipinski definition) is 1. The molecule has 14 heavy (non-hydrogen) atoms. The zero-order valence-corrected chi connectivity index (χ0v) is 9.26. The lowest BCUT2D eigenvalue weighted by Crippen LogP contribution is -2.38. The van der Waals surface area contributed by atoms with E-state index in [2.05, 4.69) is 61.6 Å². The number of aryl methyl sites for hydroxylation is 1. The van der Waals surface area contributed by atoms with Gasteiger partial charge in [0.2, 0.25) is 0 Å². The Morgan fingerprint density at radius 3 is 2.36 bits per heavy atom. The topological polar surface area (TPSA) is 19.7 Å². The van der Waals surface area contributed by atoms with Crippen LogP contribution in [0, 0.1) is 0 Å². The lowest BCUT2D eigenvalue weighted by Gasteiger charge is -2.11. The van der Waals surface area contributed by atoms with Crippen LogP contribution in [0.5, 0.6) is 0 Å². The van der Waals surface area contributed by atoms with Crippen LogP contribution in [0.2, 0.25) is 0 Å². The molecule has 0 aliphatic carbocycles. The van der Waals surface area contributed by atoms with Gasteiger partial charge in [-0.25, -0.2) is 9.55 Å². The van der Waals surface area contributed by atoms with E-state index in [9.17, 15) is 0 Å². The first-order valence-corrected chi connectivity index (χ1v) is 4.97. The normalized spacial score (nSPS) is 12.3. The first kappa shape index (κ1) is 9.25. The number of hydrogen-bond acceptors (Lipinski definition) is 0. The lowest BCUT2D eigenvalue weighted by molar-refractivity contribution is -0.656. The Bertz CT molecular complexity index is 461. The average molecular weight is 189 g/mol. The molecule has 74 valence electrons. The molecule has 1 aromatic heterocycles. The van der Waals surface area contributed by atoms with E-state index in [1.807, 2.05) is 0 Å². The Labute approximate surface area is 84.6 Å². The van der Waals surface area contributed by atoms with Crippen LogP contribution in [0.4, 0.5) is 0 Å². The molecule has 0 saturated carbocycles. The van der Waals surface area contributed by atoms with Crippen LogP contribution in [-0.2, 0) is 12.5 Å². The molecular weight excluding hydrogens is 172 g/mol. The van der Waals surface area contributed by atoms with Crippen molar-refractivity contribution in [2.45, 2.75) is 26.2 Å². The summed E-state index contributed by atoms with van der Waals surface area (Å²) < 4.78 is 2.23. The molecule has 2 rings (SSSR count). The molecule has 1 aromatic carbocycles. The van der Waals surface area contributed by atoms with Crippen LogP contribution >= 0.6 is 0 Å². The van der Waals surface area contributed by atoms with Crippen molar-refractivity contribution in [3.63, 3.8) is 0 Å². The van der Waals surface area contributed by atoms with E-state index >= 15 is 0 Å². The molecule has 0 atom stereocenters. The number of fused-ring (bicyclic) bond motifs is 1. The minimum absolute atomic E-state index is 0.160. The fraction of sp³-hybridized carbons (Fsp3) is 0.417. The maximum absolute atomic E-state index is 3.47. The number of rotatable bonds is 0. The van der Waals surface area contributed by atoms with Gasteiger partial charge in [0.05, 0.1) is 12.5 Å². The summed E-state index contributed by atoms with van der Waals surface area (Å²) in [7, 11) is 2.11. The van der Waals surface area contributed by atoms with Crippen LogP contribution in [-0.4, -0.2) is 4.98 Å². The molecule has 1 heterocycles. The van der Waals surface area contributed by atoms with E-state index in [1.54, 1.807) is 0 Å². The molecule has 2 nitrogen and oxygen atoms in total. The van der Waals surface area contributed by atoms with Crippen LogP contribution < -0.4 is 4.57 Å². The van der Waals surface area contributed by atoms with Gasteiger partial charge in [0.15, 0.2) is 11.0 Å². The maximum Gasteiger partial charge on any atom is 0.260 e. The Hall–Kier alpha value is -1.31. The fourth-order valence-corrected chi connectivity index (χ4v) is 1.89. The minimum atomic E-state index is 0.160. The third-order valence-electron chi connectivity index (χ3n) is 2.56. The molecule has 0 amide bonds. The summed E-state index contributed by atoms with van der Waals surface area (Å²) in [6.07, 6.45) is 0. The Kier molecular flexibility index (Phi) is 1.88. The molecule has 0 bridgehead atoms. The third kappa shape index (κ3) is 1.31. The van der Waals surface area contributed by atoms with Crippen molar-refractivity contribution in [1.29, 1.82) is 0 Å². The van der Waals surface area contributed by atoms with Gasteiger partial charge in [0.1, 0.15) is 0 Å². The third-order valence-corrected chi connectivity index (χ3v) is 2.56. The zero-order chi connectivity index (χ0) is 10.3. The van der Waals surface area contributed by atoms with Crippen LogP contribution in [0.25, 0.3) is 11.0 Å². The summed E-state index contributed by atoms with van der Waals surface area (Å²) in [6.45, 7) is 6.66. The summed E-state index contributed by atoms with van der Waals surface area (Å²) in [5.74, 6) is 1.26. The van der Waals surface area contributed by atoms with Gasteiger partial charge < -0.3 is 0 Å². The molecule has 0 aliphatic heterocycles. The number of imidazole rings is 1. The standard InChI is InChI=1S/C12H16N2/c1-12(2,3)11-13-9-7-5-6-8-10(9)14(11)4/h5-8H,1-4H3/p+1. The zero-order valence-electron chi connectivity index (χ0n) is 9.26. The van der Waals surface area contributed by atoms with Crippen LogP contribution in [0.15, 0.2) is 24.3 Å². The summed E-state index contributed by atoms with van der Waals surface area (Å²) >= 11 is 0. The molecule has 0 spiro atoms. The fourth-order valence-electron chi connectivity index (χ4n) is 1.89. The summed E-state index contributed by atoms with van der Waals surface area (Å²) in [6, 6.07) is 8.39. The lowest BCUT2D eigenvalue weighted by atomic mass is 9.96. The largest absolute Gasteiger partial charge is 0.260 e. The maximum atomic E-state index is 3.47. The number of aromatic nitrogens is 2. The van der Waals surface area contributed by atoms with Gasteiger partial charge >= 0.3 is 0 Å². The van der Waals surface area contributed by atoms with E-state index in [1.165, 1.54) is 16.9 Å². The first-order valence-electron chi connectivity index (χ1n) is 4.97. The van der Waals surface area contributed by atoms with E-state index in [-0.39, 0.29) is 5.41 Å². The van der Waals surface area contributed by atoms with Crippen LogP contribution in [0.3, 0.4) is 0 Å². The van der Waals surface area contributed by atoms with Gasteiger partial charge in [0, 0.05) is 0 Å². The summed E-state index contributed by atoms with van der Waals surface area (Å²) in [5, 5.41) is 0. The molecule has 0 fully saturated rings. The number of H-pyrrole nitrogens is 1. The molecule has 0 saturated heterocycles. The van der Waals surface area contributed by atoms with E-state index in [0.717, 1.165) is 0 Å². The molecule has 1 N–H and O–H groups in total.